The van der Waals surface area contributed by atoms with E-state index in [-0.39, 0.29) is 17.9 Å². The number of aryl methyl sites for hydroxylation is 1. The molecule has 2 aromatic heterocycles. The number of carbonyl (C=O) groups is 2. The van der Waals surface area contributed by atoms with Gasteiger partial charge in [-0.1, -0.05) is 18.2 Å². The normalized spacial score (nSPS) is 19.9. The third kappa shape index (κ3) is 4.68. The number of hydrogen-bond acceptors (Lipinski definition) is 7. The van der Waals surface area contributed by atoms with Crippen molar-refractivity contribution in [2.75, 3.05) is 33.4 Å². The van der Waals surface area contributed by atoms with Crippen LogP contribution in [0.1, 0.15) is 32.3 Å². The lowest BCUT2D eigenvalue weighted by Crippen LogP contribution is -2.45. The van der Waals surface area contributed by atoms with Crippen LogP contribution in [0.3, 0.4) is 0 Å². The topological polar surface area (TPSA) is 93.9 Å². The highest BCUT2D eigenvalue weighted by Crippen LogP contribution is 2.50. The van der Waals surface area contributed by atoms with Crippen molar-refractivity contribution in [1.29, 1.82) is 0 Å². The minimum Gasteiger partial charge on any atom is -0.491 e. The zero-order valence-electron chi connectivity index (χ0n) is 21.3. The number of ether oxygens (including phenoxy) is 2. The van der Waals surface area contributed by atoms with Gasteiger partial charge in [-0.15, -0.1) is 11.3 Å². The molecule has 196 valence electrons. The molecule has 1 aliphatic heterocycles. The van der Waals surface area contributed by atoms with Crippen LogP contribution in [0, 0.1) is 18.8 Å². The average molecular weight is 532 g/mol. The fourth-order valence-corrected chi connectivity index (χ4v) is 6.33. The van der Waals surface area contributed by atoms with Crippen LogP contribution in [0.25, 0.3) is 21.4 Å². The van der Waals surface area contributed by atoms with Gasteiger partial charge in [0.15, 0.2) is 0 Å². The second kappa shape index (κ2) is 10.2. The summed E-state index contributed by atoms with van der Waals surface area (Å²) in [7, 11) is 1.64. The van der Waals surface area contributed by atoms with Gasteiger partial charge < -0.3 is 24.1 Å². The number of thiazole rings is 1. The largest absolute Gasteiger partial charge is 0.491 e. The minimum absolute atomic E-state index is 0.0569. The van der Waals surface area contributed by atoms with E-state index in [1.165, 1.54) is 11.3 Å². The maximum absolute atomic E-state index is 13.9. The molecule has 9 heteroatoms. The molecule has 8 nitrogen and oxygen atoms in total. The van der Waals surface area contributed by atoms with E-state index in [1.54, 1.807) is 25.5 Å². The van der Waals surface area contributed by atoms with E-state index in [0.717, 1.165) is 33.0 Å². The Balaban J connectivity index is 1.20. The molecule has 1 N–H and O–H groups in total. The molecule has 3 atom stereocenters. The fraction of sp³-hybridized carbons (Fsp3) is 0.345. The van der Waals surface area contributed by atoms with Gasteiger partial charge in [0.1, 0.15) is 23.6 Å². The van der Waals surface area contributed by atoms with Crippen molar-refractivity contribution in [3.8, 4) is 16.2 Å². The summed E-state index contributed by atoms with van der Waals surface area (Å²) in [6.45, 7) is 3.96. The summed E-state index contributed by atoms with van der Waals surface area (Å²) in [5.41, 5.74) is 2.61. The Morgan fingerprint density at radius 3 is 2.92 bits per heavy atom. The Bertz CT molecular complexity index is 1490. The monoisotopic (exact) mass is 531 g/mol. The number of rotatable bonds is 9. The van der Waals surface area contributed by atoms with Crippen LogP contribution in [-0.4, -0.2) is 61.2 Å². The van der Waals surface area contributed by atoms with Crippen LogP contribution in [0.4, 0.5) is 0 Å². The Morgan fingerprint density at radius 2 is 2.05 bits per heavy atom. The SMILES string of the molecule is COCCOc1cccc(-c2sc(C)nc2C(=O)N2C[C@H]3C[C@H]3[C@H]2CNC(=O)c2cccc3occc23)c1. The van der Waals surface area contributed by atoms with Crippen molar-refractivity contribution in [3.63, 3.8) is 0 Å². The number of hydrogen-bond donors (Lipinski definition) is 1. The van der Waals surface area contributed by atoms with Gasteiger partial charge in [-0.05, 0) is 61.1 Å². The van der Waals surface area contributed by atoms with E-state index in [0.29, 0.717) is 55.0 Å². The summed E-state index contributed by atoms with van der Waals surface area (Å²) in [6.07, 6.45) is 2.67. The van der Waals surface area contributed by atoms with E-state index in [9.17, 15) is 9.59 Å². The van der Waals surface area contributed by atoms with Gasteiger partial charge in [0.05, 0.1) is 34.4 Å². The van der Waals surface area contributed by atoms with E-state index in [4.69, 9.17) is 13.9 Å². The maximum atomic E-state index is 13.9. The van der Waals surface area contributed by atoms with Gasteiger partial charge in [-0.25, -0.2) is 4.98 Å². The highest BCUT2D eigenvalue weighted by atomic mass is 32.1. The first-order valence-electron chi connectivity index (χ1n) is 12.8. The number of piperidine rings is 1. The molecule has 0 radical (unpaired) electrons. The first-order chi connectivity index (χ1) is 18.5. The van der Waals surface area contributed by atoms with Crippen molar-refractivity contribution < 1.29 is 23.5 Å². The average Bonchev–Trinajstić information content (AvgIpc) is 3.23. The number of nitrogens with one attached hydrogen (secondary N) is 1. The molecule has 38 heavy (non-hydrogen) atoms. The third-order valence-corrected chi connectivity index (χ3v) is 8.39. The molecule has 4 aromatic rings. The number of carbonyl (C=O) groups excluding carboxylic acids is 2. The van der Waals surface area contributed by atoms with Crippen molar-refractivity contribution in [3.05, 3.63) is 71.1 Å². The predicted octanol–water partition coefficient (Wildman–Crippen LogP) is 4.78. The molecular weight excluding hydrogens is 502 g/mol. The Morgan fingerprint density at radius 1 is 1.18 bits per heavy atom. The zero-order valence-corrected chi connectivity index (χ0v) is 22.1. The first kappa shape index (κ1) is 24.6. The summed E-state index contributed by atoms with van der Waals surface area (Å²) >= 11 is 1.50. The Hall–Kier alpha value is -3.69. The van der Waals surface area contributed by atoms with Gasteiger partial charge in [-0.2, -0.15) is 0 Å². The molecular formula is C29H29N3O5S. The van der Waals surface area contributed by atoms with E-state index in [1.807, 2.05) is 48.2 Å². The Kier molecular flexibility index (Phi) is 6.63. The predicted molar refractivity (Wildman–Crippen MR) is 145 cm³/mol. The van der Waals surface area contributed by atoms with Crippen LogP contribution in [0.2, 0.25) is 0 Å². The van der Waals surface area contributed by atoms with E-state index < -0.39 is 0 Å². The summed E-state index contributed by atoms with van der Waals surface area (Å²) in [6, 6.07) is 14.9. The molecule has 3 heterocycles. The summed E-state index contributed by atoms with van der Waals surface area (Å²) in [5, 5.41) is 4.69. The summed E-state index contributed by atoms with van der Waals surface area (Å²) in [4.78, 5) is 34.3. The number of benzene rings is 2. The van der Waals surface area contributed by atoms with Crippen molar-refractivity contribution in [1.82, 2.24) is 15.2 Å². The molecule has 1 saturated heterocycles. The maximum Gasteiger partial charge on any atom is 0.274 e. The van der Waals surface area contributed by atoms with Gasteiger partial charge in [0.25, 0.3) is 11.8 Å². The van der Waals surface area contributed by atoms with E-state index in [2.05, 4.69) is 10.3 Å². The third-order valence-electron chi connectivity index (χ3n) is 7.37. The highest BCUT2D eigenvalue weighted by molar-refractivity contribution is 7.15. The number of methoxy groups -OCH3 is 1. The number of likely N-dealkylation sites (tertiary alicyclic amines) is 1. The lowest BCUT2D eigenvalue weighted by atomic mass is 10.1. The lowest BCUT2D eigenvalue weighted by molar-refractivity contribution is 0.0690. The van der Waals surface area contributed by atoms with Crippen LogP contribution in [-0.2, 0) is 4.74 Å². The number of amides is 2. The first-order valence-corrected chi connectivity index (χ1v) is 13.6. The van der Waals surface area contributed by atoms with Crippen LogP contribution >= 0.6 is 11.3 Å². The van der Waals surface area contributed by atoms with Crippen molar-refractivity contribution in [2.45, 2.75) is 19.4 Å². The fourth-order valence-electron chi connectivity index (χ4n) is 5.42. The second-order valence-electron chi connectivity index (χ2n) is 9.81. The molecule has 2 aromatic carbocycles. The number of fused-ring (bicyclic) bond motifs is 2. The molecule has 6 rings (SSSR count). The van der Waals surface area contributed by atoms with Crippen molar-refractivity contribution >= 4 is 34.1 Å². The molecule has 1 aliphatic carbocycles. The van der Waals surface area contributed by atoms with Crippen LogP contribution in [0.5, 0.6) is 5.75 Å². The van der Waals surface area contributed by atoms with Crippen LogP contribution in [0.15, 0.2) is 59.2 Å². The van der Waals surface area contributed by atoms with Gasteiger partial charge in [0, 0.05) is 25.6 Å². The van der Waals surface area contributed by atoms with E-state index >= 15 is 0 Å². The molecule has 0 spiro atoms. The smallest absolute Gasteiger partial charge is 0.274 e. The molecule has 1 saturated carbocycles. The van der Waals surface area contributed by atoms with Gasteiger partial charge >= 0.3 is 0 Å². The Labute approximate surface area is 224 Å². The van der Waals surface area contributed by atoms with Gasteiger partial charge in [-0.3, -0.25) is 9.59 Å². The quantitative estimate of drug-likeness (QED) is 0.313. The lowest BCUT2D eigenvalue weighted by Gasteiger charge is -2.27. The van der Waals surface area contributed by atoms with Gasteiger partial charge in [0.2, 0.25) is 0 Å². The van der Waals surface area contributed by atoms with Crippen LogP contribution < -0.4 is 10.1 Å². The zero-order chi connectivity index (χ0) is 26.2. The molecule has 2 fully saturated rings. The number of nitrogens with zero attached hydrogens (tertiary/aromatic N) is 2. The number of furan rings is 1. The molecule has 2 amide bonds. The number of aromatic nitrogens is 1. The standard InChI is InChI=1S/C29H29N3O5S/c1-17-31-26(27(38-17)18-5-3-6-20(13-18)36-12-11-35-2)29(34)32-16-19-14-23(19)24(32)15-30-28(33)22-7-4-8-25-21(22)9-10-37-25/h3-10,13,19,23-24H,11-12,14-16H2,1-2H3,(H,30,33)/t19-,23-,24-/m1/s1. The summed E-state index contributed by atoms with van der Waals surface area (Å²) in [5.74, 6) is 1.37. The molecule has 2 aliphatic rings. The molecule has 0 bridgehead atoms. The molecule has 0 unspecified atom stereocenters. The highest BCUT2D eigenvalue weighted by Gasteiger charge is 2.54. The second-order valence-corrected chi connectivity index (χ2v) is 11.0. The van der Waals surface area contributed by atoms with Crippen molar-refractivity contribution in [2.24, 2.45) is 11.8 Å². The summed E-state index contributed by atoms with van der Waals surface area (Å²) < 4.78 is 16.3. The minimum atomic E-state index is -0.163.